The number of ether oxygens (including phenoxy) is 3. The summed E-state index contributed by atoms with van der Waals surface area (Å²) in [5.41, 5.74) is 0.0605. The Morgan fingerprint density at radius 1 is 1.38 bits per heavy atom. The Balaban J connectivity index is 2.09. The molecule has 0 unspecified atom stereocenters. The molecule has 1 heterocycles. The molecule has 1 amide bonds. The second kappa shape index (κ2) is 8.15. The largest absolute Gasteiger partial charge is 0.459 e. The summed E-state index contributed by atoms with van der Waals surface area (Å²) in [5, 5.41) is 2.57. The Morgan fingerprint density at radius 2 is 2.08 bits per heavy atom. The van der Waals surface area contributed by atoms with E-state index in [0.29, 0.717) is 6.42 Å². The van der Waals surface area contributed by atoms with E-state index in [4.69, 9.17) is 9.47 Å². The zero-order chi connectivity index (χ0) is 17.6. The Hall–Kier alpha value is -2.08. The first kappa shape index (κ1) is 18.3. The number of hydrogen-bond donors (Lipinski definition) is 1. The molecule has 6 nitrogen and oxygen atoms in total. The number of hydrogen-bond acceptors (Lipinski definition) is 5. The van der Waals surface area contributed by atoms with E-state index in [1.54, 1.807) is 0 Å². The Labute approximate surface area is 142 Å². The van der Waals surface area contributed by atoms with E-state index < -0.39 is 23.7 Å². The van der Waals surface area contributed by atoms with Crippen LogP contribution in [0.2, 0.25) is 0 Å². The van der Waals surface area contributed by atoms with Crippen LogP contribution in [0.4, 0.5) is 4.79 Å². The predicted molar refractivity (Wildman–Crippen MR) is 88.4 cm³/mol. The Bertz CT molecular complexity index is 562. The molecule has 0 bridgehead atoms. The van der Waals surface area contributed by atoms with Crippen LogP contribution >= 0.6 is 0 Å². The molecular weight excluding hydrogens is 310 g/mol. The van der Waals surface area contributed by atoms with Crippen molar-refractivity contribution in [2.75, 3.05) is 7.11 Å². The van der Waals surface area contributed by atoms with Crippen molar-refractivity contribution in [2.45, 2.75) is 57.5 Å². The molecule has 1 fully saturated rings. The zero-order valence-electron chi connectivity index (χ0n) is 14.4. The van der Waals surface area contributed by atoms with Crippen LogP contribution in [0, 0.1) is 0 Å². The van der Waals surface area contributed by atoms with Gasteiger partial charge in [0, 0.05) is 0 Å². The molecule has 24 heavy (non-hydrogen) atoms. The van der Waals surface area contributed by atoms with Crippen LogP contribution < -0.4 is 5.32 Å². The molecule has 6 heteroatoms. The summed E-state index contributed by atoms with van der Waals surface area (Å²) in [5.74, 6) is -0.527. The van der Waals surface area contributed by atoms with E-state index in [-0.39, 0.29) is 12.7 Å². The Morgan fingerprint density at radius 3 is 2.71 bits per heavy atom. The first-order valence-corrected chi connectivity index (χ1v) is 8.17. The molecule has 132 valence electrons. The number of alkyl carbamates (subject to hydrolysis) is 1. The highest BCUT2D eigenvalue weighted by Gasteiger charge is 2.45. The molecule has 0 radical (unpaired) electrons. The van der Waals surface area contributed by atoms with Crippen molar-refractivity contribution in [3.63, 3.8) is 0 Å². The van der Waals surface area contributed by atoms with E-state index in [0.717, 1.165) is 18.4 Å². The van der Waals surface area contributed by atoms with Gasteiger partial charge in [0.15, 0.2) is 6.04 Å². The molecule has 1 saturated heterocycles. The van der Waals surface area contributed by atoms with Gasteiger partial charge in [-0.05, 0) is 38.7 Å². The van der Waals surface area contributed by atoms with Crippen LogP contribution in [0.25, 0.3) is 0 Å². The number of benzene rings is 1. The highest BCUT2D eigenvalue weighted by Crippen LogP contribution is 2.32. The number of carbonyl (C=O) groups excluding carboxylic acids is 2. The Kier molecular flexibility index (Phi) is 6.20. The quantitative estimate of drug-likeness (QED) is 0.838. The summed E-state index contributed by atoms with van der Waals surface area (Å²) in [6.45, 7) is 3.93. The lowest BCUT2D eigenvalue weighted by molar-refractivity contribution is -0.169. The van der Waals surface area contributed by atoms with E-state index in [9.17, 15) is 9.59 Å². The molecule has 1 aliphatic rings. The van der Waals surface area contributed by atoms with Gasteiger partial charge in [0.1, 0.15) is 6.61 Å². The normalized spacial score (nSPS) is 24.7. The standard InChI is InChI=1S/C18H25NO5/c1-13-8-7-11-18(2,24-13)15(19-17(21)22-3)16(20)23-12-14-9-5-4-6-10-14/h4-6,9-10,13,15H,7-8,11-12H2,1-3H3,(H,19,21)/t13-,15-,18-/m1/s1. The maximum atomic E-state index is 12.6. The van der Waals surface area contributed by atoms with E-state index >= 15 is 0 Å². The zero-order valence-corrected chi connectivity index (χ0v) is 14.4. The second-order valence-corrected chi connectivity index (χ2v) is 6.30. The summed E-state index contributed by atoms with van der Waals surface area (Å²) < 4.78 is 16.0. The van der Waals surface area contributed by atoms with Crippen molar-refractivity contribution >= 4 is 12.1 Å². The molecular formula is C18H25NO5. The van der Waals surface area contributed by atoms with Gasteiger partial charge < -0.3 is 19.5 Å². The van der Waals surface area contributed by atoms with Gasteiger partial charge in [-0.2, -0.15) is 0 Å². The van der Waals surface area contributed by atoms with Crippen molar-refractivity contribution in [1.82, 2.24) is 5.32 Å². The van der Waals surface area contributed by atoms with Crippen LogP contribution in [0.3, 0.4) is 0 Å². The lowest BCUT2D eigenvalue weighted by Crippen LogP contribution is -2.59. The molecule has 1 aliphatic heterocycles. The van der Waals surface area contributed by atoms with Crippen molar-refractivity contribution < 1.29 is 23.8 Å². The number of esters is 1. The molecule has 0 aromatic heterocycles. The van der Waals surface area contributed by atoms with Crippen molar-refractivity contribution in [3.05, 3.63) is 35.9 Å². The van der Waals surface area contributed by atoms with Gasteiger partial charge in [0.05, 0.1) is 18.8 Å². The molecule has 1 aromatic rings. The van der Waals surface area contributed by atoms with Gasteiger partial charge in [-0.3, -0.25) is 0 Å². The SMILES string of the molecule is COC(=O)N[C@H](C(=O)OCc1ccccc1)[C@@]1(C)CCC[C@@H](C)O1. The highest BCUT2D eigenvalue weighted by atomic mass is 16.6. The van der Waals surface area contributed by atoms with Crippen LogP contribution in [0.15, 0.2) is 30.3 Å². The number of carbonyl (C=O) groups is 2. The fourth-order valence-electron chi connectivity index (χ4n) is 2.98. The molecule has 0 aliphatic carbocycles. The molecule has 3 atom stereocenters. The first-order chi connectivity index (χ1) is 11.4. The number of nitrogens with one attached hydrogen (secondary N) is 1. The molecule has 0 saturated carbocycles. The highest BCUT2D eigenvalue weighted by molar-refractivity contribution is 5.82. The van der Waals surface area contributed by atoms with Crippen molar-refractivity contribution in [2.24, 2.45) is 0 Å². The average Bonchev–Trinajstić information content (AvgIpc) is 2.58. The molecule has 0 spiro atoms. The number of amides is 1. The second-order valence-electron chi connectivity index (χ2n) is 6.30. The summed E-state index contributed by atoms with van der Waals surface area (Å²) in [6, 6.07) is 8.47. The predicted octanol–water partition coefficient (Wildman–Crippen LogP) is 2.80. The van der Waals surface area contributed by atoms with Gasteiger partial charge >= 0.3 is 12.1 Å². The van der Waals surface area contributed by atoms with E-state index in [1.807, 2.05) is 44.2 Å². The maximum absolute atomic E-state index is 12.6. The van der Waals surface area contributed by atoms with Gasteiger partial charge in [-0.1, -0.05) is 30.3 Å². The number of rotatable bonds is 5. The minimum absolute atomic E-state index is 0.0209. The fourth-order valence-corrected chi connectivity index (χ4v) is 2.98. The van der Waals surface area contributed by atoms with Crippen LogP contribution in [0.1, 0.15) is 38.7 Å². The minimum atomic E-state index is -0.920. The summed E-state index contributed by atoms with van der Waals surface area (Å²) >= 11 is 0. The number of methoxy groups -OCH3 is 1. The van der Waals surface area contributed by atoms with Gasteiger partial charge in [-0.25, -0.2) is 9.59 Å². The fraction of sp³-hybridized carbons (Fsp3) is 0.556. The smallest absolute Gasteiger partial charge is 0.407 e. The van der Waals surface area contributed by atoms with Gasteiger partial charge in [-0.15, -0.1) is 0 Å². The van der Waals surface area contributed by atoms with Crippen LogP contribution in [0.5, 0.6) is 0 Å². The van der Waals surface area contributed by atoms with E-state index in [2.05, 4.69) is 10.1 Å². The third kappa shape index (κ3) is 4.71. The minimum Gasteiger partial charge on any atom is -0.459 e. The monoisotopic (exact) mass is 335 g/mol. The third-order valence-corrected chi connectivity index (χ3v) is 4.27. The maximum Gasteiger partial charge on any atom is 0.407 e. The van der Waals surface area contributed by atoms with Crippen molar-refractivity contribution in [3.8, 4) is 0 Å². The summed E-state index contributed by atoms with van der Waals surface area (Å²) in [4.78, 5) is 24.3. The topological polar surface area (TPSA) is 73.9 Å². The van der Waals surface area contributed by atoms with Gasteiger partial charge in [0.2, 0.25) is 0 Å². The third-order valence-electron chi connectivity index (χ3n) is 4.27. The van der Waals surface area contributed by atoms with Crippen LogP contribution in [-0.4, -0.2) is 36.9 Å². The average molecular weight is 335 g/mol. The lowest BCUT2D eigenvalue weighted by atomic mass is 9.86. The van der Waals surface area contributed by atoms with E-state index in [1.165, 1.54) is 7.11 Å². The van der Waals surface area contributed by atoms with Crippen LogP contribution in [-0.2, 0) is 25.6 Å². The lowest BCUT2D eigenvalue weighted by Gasteiger charge is -2.41. The summed E-state index contributed by atoms with van der Waals surface area (Å²) in [7, 11) is 1.26. The molecule has 1 N–H and O–H groups in total. The molecule has 2 rings (SSSR count). The summed E-state index contributed by atoms with van der Waals surface area (Å²) in [6.07, 6.45) is 1.85. The van der Waals surface area contributed by atoms with Gasteiger partial charge in [0.25, 0.3) is 0 Å². The van der Waals surface area contributed by atoms with Crippen molar-refractivity contribution in [1.29, 1.82) is 0 Å². The first-order valence-electron chi connectivity index (χ1n) is 8.17. The molecule has 1 aromatic carbocycles.